The van der Waals surface area contributed by atoms with Crippen LogP contribution in [0.1, 0.15) is 0 Å². The van der Waals surface area contributed by atoms with E-state index in [0.29, 0.717) is 21.4 Å². The van der Waals surface area contributed by atoms with E-state index in [9.17, 15) is 0 Å². The first-order valence-electron chi connectivity index (χ1n) is 4.87. The van der Waals surface area contributed by atoms with Crippen LogP contribution in [-0.4, -0.2) is 0 Å². The van der Waals surface area contributed by atoms with Crippen molar-refractivity contribution >= 4 is 34.6 Å². The maximum absolute atomic E-state index is 5.75. The van der Waals surface area contributed by atoms with Crippen molar-refractivity contribution in [2.75, 3.05) is 0 Å². The van der Waals surface area contributed by atoms with Crippen LogP contribution in [-0.2, 0) is 0 Å². The fourth-order valence-corrected chi connectivity index (χ4v) is 1.39. The summed E-state index contributed by atoms with van der Waals surface area (Å²) in [5, 5.41) is 9.19. The maximum Gasteiger partial charge on any atom is 0.228 e. The van der Waals surface area contributed by atoms with Crippen LogP contribution in [0.5, 0.6) is 0 Å². The molecule has 5 heteroatoms. The van der Waals surface area contributed by atoms with E-state index >= 15 is 0 Å². The molecular weight excluding hydrogens is 257 g/mol. The molecular formula is C12H8Cl2N3+. The molecule has 0 N–H and O–H groups in total. The first kappa shape index (κ1) is 11.8. The van der Waals surface area contributed by atoms with Crippen molar-refractivity contribution in [2.45, 2.75) is 0 Å². The lowest BCUT2D eigenvalue weighted by molar-refractivity contribution is 1.06. The van der Waals surface area contributed by atoms with Crippen molar-refractivity contribution in [1.29, 1.82) is 0 Å². The zero-order valence-corrected chi connectivity index (χ0v) is 10.2. The topological polar surface area (TPSA) is 38.8 Å². The molecule has 0 fully saturated rings. The smallest absolute Gasteiger partial charge is 0.0843 e. The monoisotopic (exact) mass is 264 g/mol. The zero-order valence-electron chi connectivity index (χ0n) is 8.72. The van der Waals surface area contributed by atoms with Crippen molar-refractivity contribution in [3.05, 3.63) is 58.6 Å². The third kappa shape index (κ3) is 3.68. The Morgan fingerprint density at radius 3 is 1.35 bits per heavy atom. The summed E-state index contributed by atoms with van der Waals surface area (Å²) in [6.07, 6.45) is 0. The largest absolute Gasteiger partial charge is 0.228 e. The molecule has 2 aromatic carbocycles. The highest BCUT2D eigenvalue weighted by Gasteiger charge is 1.97. The van der Waals surface area contributed by atoms with Crippen LogP contribution in [0.25, 0.3) is 0 Å². The minimum atomic E-state index is 0.665. The number of benzene rings is 2. The minimum Gasteiger partial charge on any atom is -0.0843 e. The first-order chi connectivity index (χ1) is 8.24. The number of hydrogen-bond acceptors (Lipinski definition) is 2. The Bertz CT molecular complexity index is 506. The van der Waals surface area contributed by atoms with Crippen LogP contribution in [0.2, 0.25) is 10.0 Å². The van der Waals surface area contributed by atoms with Gasteiger partial charge in [-0.1, -0.05) is 23.2 Å². The third-order valence-corrected chi connectivity index (χ3v) is 2.48. The Morgan fingerprint density at radius 2 is 1.00 bits per heavy atom. The van der Waals surface area contributed by atoms with Gasteiger partial charge in [-0.2, -0.15) is 0 Å². The van der Waals surface area contributed by atoms with Gasteiger partial charge >= 0.3 is 0 Å². The molecule has 0 unspecified atom stereocenters. The molecule has 2 rings (SSSR count). The fraction of sp³-hybridized carbons (Fsp3) is 0. The maximum atomic E-state index is 5.75. The van der Waals surface area contributed by atoms with E-state index in [1.54, 1.807) is 48.5 Å². The number of nitrogens with zero attached hydrogens (tertiary/aromatic N) is 3. The third-order valence-electron chi connectivity index (χ3n) is 1.97. The molecule has 0 heterocycles. The van der Waals surface area contributed by atoms with Gasteiger partial charge in [0, 0.05) is 10.0 Å². The predicted molar refractivity (Wildman–Crippen MR) is 69.2 cm³/mol. The van der Waals surface area contributed by atoms with Crippen LogP contribution in [0.15, 0.2) is 58.8 Å². The molecule has 0 spiro atoms. The van der Waals surface area contributed by atoms with E-state index < -0.39 is 0 Å². The molecule has 0 amide bonds. The Kier molecular flexibility index (Phi) is 3.89. The molecule has 0 atom stereocenters. The second-order valence-corrected chi connectivity index (χ2v) is 4.12. The summed E-state index contributed by atoms with van der Waals surface area (Å²) < 4.78 is 0. The highest BCUT2D eigenvalue weighted by atomic mass is 35.5. The molecule has 0 bridgehead atoms. The molecule has 17 heavy (non-hydrogen) atoms. The van der Waals surface area contributed by atoms with E-state index in [4.69, 9.17) is 23.2 Å². The van der Waals surface area contributed by atoms with E-state index in [2.05, 4.69) is 15.1 Å². The summed E-state index contributed by atoms with van der Waals surface area (Å²) in [5.41, 5.74) is 1.40. The predicted octanol–water partition coefficient (Wildman–Crippen LogP) is 4.93. The van der Waals surface area contributed by atoms with Gasteiger partial charge < -0.3 is 0 Å². The highest BCUT2D eigenvalue weighted by Crippen LogP contribution is 2.17. The van der Waals surface area contributed by atoms with Crippen LogP contribution in [0, 0.1) is 0 Å². The van der Waals surface area contributed by atoms with Crippen molar-refractivity contribution in [3.63, 3.8) is 0 Å². The number of hydrogen-bond donors (Lipinski definition) is 0. The second-order valence-electron chi connectivity index (χ2n) is 3.24. The van der Waals surface area contributed by atoms with E-state index in [0.717, 1.165) is 0 Å². The van der Waals surface area contributed by atoms with Gasteiger partial charge in [0.2, 0.25) is 4.91 Å². The average molecular weight is 265 g/mol. The van der Waals surface area contributed by atoms with E-state index in [1.165, 1.54) is 0 Å². The Labute approximate surface area is 108 Å². The van der Waals surface area contributed by atoms with Crippen LogP contribution < -0.4 is 4.91 Å². The Hall–Kier alpha value is -1.67. The summed E-state index contributed by atoms with van der Waals surface area (Å²) in [6.45, 7) is 0. The van der Waals surface area contributed by atoms with Gasteiger partial charge in [0.15, 0.2) is 21.6 Å². The standard InChI is InChI=1S/C12H8Cl2N3/c13-9-1-5-11(6-2-9)15-17-16-12-7-3-10(14)4-8-12/h1-8H/q+1. The van der Waals surface area contributed by atoms with Gasteiger partial charge in [0.1, 0.15) is 0 Å². The van der Waals surface area contributed by atoms with E-state index in [1.807, 2.05) is 0 Å². The zero-order chi connectivity index (χ0) is 12.1. The molecule has 0 aromatic heterocycles. The highest BCUT2D eigenvalue weighted by molar-refractivity contribution is 6.30. The summed E-state index contributed by atoms with van der Waals surface area (Å²) in [4.78, 5) is 3.74. The molecule has 84 valence electrons. The molecule has 0 aliphatic heterocycles. The molecule has 0 aliphatic rings. The first-order valence-corrected chi connectivity index (χ1v) is 5.62. The quantitative estimate of drug-likeness (QED) is 0.545. The second kappa shape index (κ2) is 5.60. The van der Waals surface area contributed by atoms with Gasteiger partial charge in [0.05, 0.1) is 0 Å². The minimum absolute atomic E-state index is 0.665. The van der Waals surface area contributed by atoms with Crippen molar-refractivity contribution < 1.29 is 0 Å². The molecule has 2 aromatic rings. The summed E-state index contributed by atoms with van der Waals surface area (Å²) in [6, 6.07) is 14.1. The molecule has 3 nitrogen and oxygen atoms in total. The summed E-state index contributed by atoms with van der Waals surface area (Å²) in [5.74, 6) is 0. The fourth-order valence-electron chi connectivity index (χ4n) is 1.14. The molecule has 0 radical (unpaired) electrons. The van der Waals surface area contributed by atoms with Gasteiger partial charge in [-0.05, 0) is 48.5 Å². The number of halogens is 2. The van der Waals surface area contributed by atoms with Crippen LogP contribution >= 0.6 is 23.2 Å². The van der Waals surface area contributed by atoms with Gasteiger partial charge in [-0.15, -0.1) is 0 Å². The van der Waals surface area contributed by atoms with Gasteiger partial charge in [-0.25, -0.2) is 0 Å². The molecule has 0 saturated carbocycles. The average Bonchev–Trinajstić information content (AvgIpc) is 2.34. The lowest BCUT2D eigenvalue weighted by atomic mass is 10.3. The summed E-state index contributed by atoms with van der Waals surface area (Å²) >= 11 is 11.5. The van der Waals surface area contributed by atoms with Gasteiger partial charge in [0.25, 0.3) is 0 Å². The summed E-state index contributed by atoms with van der Waals surface area (Å²) in [7, 11) is 0. The molecule has 0 saturated heterocycles. The Morgan fingerprint density at radius 1 is 0.647 bits per heavy atom. The van der Waals surface area contributed by atoms with Gasteiger partial charge in [-0.3, -0.25) is 0 Å². The van der Waals surface area contributed by atoms with Crippen LogP contribution in [0.3, 0.4) is 0 Å². The lowest BCUT2D eigenvalue weighted by Crippen LogP contribution is -1.68. The van der Waals surface area contributed by atoms with Crippen molar-refractivity contribution in [3.8, 4) is 0 Å². The lowest BCUT2D eigenvalue weighted by Gasteiger charge is -1.85. The SMILES string of the molecule is Clc1ccc(N=[N+]=Nc2ccc(Cl)cc2)cc1. The number of rotatable bonds is 2. The van der Waals surface area contributed by atoms with Crippen molar-refractivity contribution in [1.82, 2.24) is 4.91 Å². The molecule has 0 aliphatic carbocycles. The normalized spacial score (nSPS) is 9.53. The van der Waals surface area contributed by atoms with E-state index in [-0.39, 0.29) is 0 Å². The van der Waals surface area contributed by atoms with Crippen LogP contribution in [0.4, 0.5) is 11.4 Å². The van der Waals surface area contributed by atoms with Crippen molar-refractivity contribution in [2.24, 2.45) is 10.2 Å². The Balaban J connectivity index is 2.14.